The molecule has 0 bridgehead atoms. The van der Waals surface area contributed by atoms with Crippen molar-refractivity contribution in [1.29, 1.82) is 0 Å². The van der Waals surface area contributed by atoms with Crippen LogP contribution in [-0.4, -0.2) is 62.3 Å². The monoisotopic (exact) mass is 418 g/mol. The third-order valence-corrected chi connectivity index (χ3v) is 5.19. The van der Waals surface area contributed by atoms with Crippen LogP contribution in [0.15, 0.2) is 36.5 Å². The van der Waals surface area contributed by atoms with Gasteiger partial charge in [-0.2, -0.15) is 5.10 Å². The number of nitrogens with two attached hydrogens (primary N) is 1. The van der Waals surface area contributed by atoms with Gasteiger partial charge in [-0.15, -0.1) is 0 Å². The first-order valence-electron chi connectivity index (χ1n) is 9.87. The van der Waals surface area contributed by atoms with Gasteiger partial charge in [-0.25, -0.2) is 9.67 Å². The fourth-order valence-electron chi connectivity index (χ4n) is 3.60. The van der Waals surface area contributed by atoms with Gasteiger partial charge in [0, 0.05) is 38.3 Å². The lowest BCUT2D eigenvalue weighted by Gasteiger charge is -2.13. The van der Waals surface area contributed by atoms with Gasteiger partial charge in [0.2, 0.25) is 5.60 Å². The van der Waals surface area contributed by atoms with Crippen LogP contribution in [0.3, 0.4) is 0 Å². The minimum atomic E-state index is -1.67. The molecule has 31 heavy (non-hydrogen) atoms. The SMILES string of the molecule is CCNc1nccc2c1c(C(N)=O)nn2-c1cccc(C#CC2(O)CCN(C)C2=O)c1. The first-order valence-corrected chi connectivity index (χ1v) is 9.87. The minimum absolute atomic E-state index is 0.115. The number of likely N-dealkylation sites (N-methyl/N-ethyl adjacent to an activating group) is 1. The van der Waals surface area contributed by atoms with Crippen molar-refractivity contribution in [2.45, 2.75) is 18.9 Å². The molecule has 3 heterocycles. The Bertz CT molecular complexity index is 1260. The lowest BCUT2D eigenvalue weighted by molar-refractivity contribution is -0.137. The average molecular weight is 418 g/mol. The van der Waals surface area contributed by atoms with Gasteiger partial charge < -0.3 is 21.1 Å². The summed E-state index contributed by atoms with van der Waals surface area (Å²) in [7, 11) is 1.64. The highest BCUT2D eigenvalue weighted by Crippen LogP contribution is 2.27. The zero-order chi connectivity index (χ0) is 22.2. The van der Waals surface area contributed by atoms with E-state index >= 15 is 0 Å². The predicted molar refractivity (Wildman–Crippen MR) is 116 cm³/mol. The number of hydrogen-bond donors (Lipinski definition) is 3. The van der Waals surface area contributed by atoms with Crippen molar-refractivity contribution in [1.82, 2.24) is 19.7 Å². The predicted octanol–water partition coefficient (Wildman–Crippen LogP) is 0.896. The number of aliphatic hydroxyl groups is 1. The molecule has 2 aromatic heterocycles. The molecule has 1 unspecified atom stereocenters. The fourth-order valence-corrected chi connectivity index (χ4v) is 3.60. The maximum atomic E-state index is 12.1. The number of pyridine rings is 1. The van der Waals surface area contributed by atoms with Crippen LogP contribution in [0.2, 0.25) is 0 Å². The smallest absolute Gasteiger partial charge is 0.270 e. The topological polar surface area (TPSA) is 126 Å². The number of fused-ring (bicyclic) bond motifs is 1. The summed E-state index contributed by atoms with van der Waals surface area (Å²) in [5, 5.41) is 18.6. The summed E-state index contributed by atoms with van der Waals surface area (Å²) < 4.78 is 1.60. The number of carbonyl (C=O) groups is 2. The second-order valence-corrected chi connectivity index (χ2v) is 7.35. The summed E-state index contributed by atoms with van der Waals surface area (Å²) in [4.78, 5) is 29.9. The molecular weight excluding hydrogens is 396 g/mol. The molecule has 2 amide bonds. The second kappa shape index (κ2) is 7.74. The fraction of sp³-hybridized carbons (Fsp3) is 0.273. The van der Waals surface area contributed by atoms with Crippen LogP contribution in [0.25, 0.3) is 16.6 Å². The summed E-state index contributed by atoms with van der Waals surface area (Å²) in [5.74, 6) is 5.08. The molecule has 158 valence electrons. The Hall–Kier alpha value is -3.90. The van der Waals surface area contributed by atoms with Gasteiger partial charge in [0.15, 0.2) is 5.69 Å². The summed E-state index contributed by atoms with van der Waals surface area (Å²) in [6.07, 6.45) is 1.89. The Labute approximate surface area is 178 Å². The van der Waals surface area contributed by atoms with Crippen LogP contribution >= 0.6 is 0 Å². The molecule has 1 aliphatic rings. The maximum Gasteiger partial charge on any atom is 0.270 e. The molecule has 1 atom stereocenters. The zero-order valence-corrected chi connectivity index (χ0v) is 17.2. The first kappa shape index (κ1) is 20.4. The number of benzene rings is 1. The number of likely N-dealkylation sites (tertiary alicyclic amines) is 1. The Morgan fingerprint density at radius 2 is 2.19 bits per heavy atom. The normalized spacial score (nSPS) is 18.2. The summed E-state index contributed by atoms with van der Waals surface area (Å²) in [6.45, 7) is 3.01. The molecular formula is C22H22N6O3. The third-order valence-electron chi connectivity index (χ3n) is 5.19. The number of amides is 2. The molecule has 0 radical (unpaired) electrons. The molecule has 9 heteroatoms. The number of nitrogens with one attached hydrogen (secondary N) is 1. The largest absolute Gasteiger partial charge is 0.370 e. The Balaban J connectivity index is 1.79. The van der Waals surface area contributed by atoms with Crippen molar-refractivity contribution >= 4 is 28.5 Å². The highest BCUT2D eigenvalue weighted by atomic mass is 16.3. The molecule has 0 saturated carbocycles. The number of hydrogen-bond acceptors (Lipinski definition) is 6. The van der Waals surface area contributed by atoms with E-state index < -0.39 is 17.4 Å². The number of aromatic nitrogens is 3. The zero-order valence-electron chi connectivity index (χ0n) is 17.2. The molecule has 1 fully saturated rings. The van der Waals surface area contributed by atoms with Gasteiger partial charge in [-0.1, -0.05) is 17.9 Å². The molecule has 3 aromatic rings. The standard InChI is InChI=1S/C22H22N6O3/c1-3-24-20-17-16(8-11-25-20)28(26-18(17)19(23)29)15-6-4-5-14(13-15)7-9-22(31)10-12-27(2)21(22)30/h4-6,8,11,13,31H,3,10,12H2,1-2H3,(H2,23,29)(H,24,25). The lowest BCUT2D eigenvalue weighted by atomic mass is 10.0. The Kier molecular flexibility index (Phi) is 5.09. The average Bonchev–Trinajstić information content (AvgIpc) is 3.28. The number of anilines is 1. The highest BCUT2D eigenvalue weighted by Gasteiger charge is 2.42. The minimum Gasteiger partial charge on any atom is -0.370 e. The van der Waals surface area contributed by atoms with Crippen LogP contribution in [-0.2, 0) is 4.79 Å². The number of nitrogens with zero attached hydrogens (tertiary/aromatic N) is 4. The highest BCUT2D eigenvalue weighted by molar-refractivity contribution is 6.08. The Morgan fingerprint density at radius 1 is 1.39 bits per heavy atom. The van der Waals surface area contributed by atoms with Crippen LogP contribution in [0.4, 0.5) is 5.82 Å². The summed E-state index contributed by atoms with van der Waals surface area (Å²) in [6, 6.07) is 8.90. The van der Waals surface area contributed by atoms with Crippen molar-refractivity contribution in [3.05, 3.63) is 47.8 Å². The van der Waals surface area contributed by atoms with Gasteiger partial charge in [0.25, 0.3) is 11.8 Å². The molecule has 0 spiro atoms. The van der Waals surface area contributed by atoms with Gasteiger partial charge in [0.1, 0.15) is 5.82 Å². The van der Waals surface area contributed by atoms with E-state index in [1.165, 1.54) is 4.90 Å². The molecule has 1 saturated heterocycles. The van der Waals surface area contributed by atoms with Crippen molar-refractivity contribution < 1.29 is 14.7 Å². The van der Waals surface area contributed by atoms with Gasteiger partial charge in [0.05, 0.1) is 16.6 Å². The van der Waals surface area contributed by atoms with E-state index in [4.69, 9.17) is 5.73 Å². The molecule has 9 nitrogen and oxygen atoms in total. The Morgan fingerprint density at radius 3 is 2.87 bits per heavy atom. The molecule has 0 aliphatic carbocycles. The van der Waals surface area contributed by atoms with E-state index in [0.29, 0.717) is 41.1 Å². The van der Waals surface area contributed by atoms with Gasteiger partial charge in [-0.05, 0) is 31.2 Å². The summed E-state index contributed by atoms with van der Waals surface area (Å²) in [5.41, 5.74) is 5.92. The maximum absolute atomic E-state index is 12.1. The number of rotatable bonds is 4. The first-order chi connectivity index (χ1) is 14.8. The number of primary amides is 1. The van der Waals surface area contributed by atoms with Crippen molar-refractivity contribution in [3.8, 4) is 17.5 Å². The van der Waals surface area contributed by atoms with Gasteiger partial charge in [-0.3, -0.25) is 9.59 Å². The van der Waals surface area contributed by atoms with Gasteiger partial charge >= 0.3 is 0 Å². The van der Waals surface area contributed by atoms with Crippen LogP contribution < -0.4 is 11.1 Å². The van der Waals surface area contributed by atoms with E-state index in [1.807, 2.05) is 13.0 Å². The van der Waals surface area contributed by atoms with Crippen molar-refractivity contribution in [2.24, 2.45) is 5.73 Å². The van der Waals surface area contributed by atoms with Crippen LogP contribution in [0.5, 0.6) is 0 Å². The lowest BCUT2D eigenvalue weighted by Crippen LogP contribution is -2.37. The molecule has 4 N–H and O–H groups in total. The van der Waals surface area contributed by atoms with E-state index in [1.54, 1.807) is 42.2 Å². The molecule has 4 rings (SSSR count). The van der Waals surface area contributed by atoms with Crippen molar-refractivity contribution in [2.75, 3.05) is 25.5 Å². The number of carbonyl (C=O) groups excluding carboxylic acids is 2. The second-order valence-electron chi connectivity index (χ2n) is 7.35. The van der Waals surface area contributed by atoms with E-state index in [9.17, 15) is 14.7 Å². The molecule has 1 aliphatic heterocycles. The third kappa shape index (κ3) is 3.58. The van der Waals surface area contributed by atoms with Crippen molar-refractivity contribution in [3.63, 3.8) is 0 Å². The van der Waals surface area contributed by atoms with E-state index in [2.05, 4.69) is 27.2 Å². The van der Waals surface area contributed by atoms with Crippen LogP contribution in [0, 0.1) is 11.8 Å². The molecule has 1 aromatic carbocycles. The van der Waals surface area contributed by atoms with E-state index in [0.717, 1.165) is 0 Å². The summed E-state index contributed by atoms with van der Waals surface area (Å²) >= 11 is 0. The van der Waals surface area contributed by atoms with E-state index in [-0.39, 0.29) is 12.1 Å². The quantitative estimate of drug-likeness (QED) is 0.541. The van der Waals surface area contributed by atoms with Crippen LogP contribution in [0.1, 0.15) is 29.4 Å².